The van der Waals surface area contributed by atoms with E-state index in [0.717, 1.165) is 11.6 Å². The SMILES string of the molecule is CCCNC(=O)c1c(O)c(=O)cc(CN(c2ccccc2C)S(=O)O)n1C. The van der Waals surface area contributed by atoms with E-state index in [2.05, 4.69) is 5.32 Å². The number of carbonyl (C=O) groups is 1. The first-order valence-electron chi connectivity index (χ1n) is 8.42. The lowest BCUT2D eigenvalue weighted by molar-refractivity contribution is 0.0940. The average Bonchev–Trinajstić information content (AvgIpc) is 2.62. The van der Waals surface area contributed by atoms with Crippen molar-refractivity contribution in [2.45, 2.75) is 26.8 Å². The second-order valence-electron chi connectivity index (χ2n) is 6.07. The van der Waals surface area contributed by atoms with Crippen LogP contribution in [0.25, 0.3) is 0 Å². The molecule has 1 amide bonds. The lowest BCUT2D eigenvalue weighted by atomic mass is 10.2. The van der Waals surface area contributed by atoms with Gasteiger partial charge in [-0.3, -0.25) is 18.4 Å². The maximum atomic E-state index is 12.3. The lowest BCUT2D eigenvalue weighted by Crippen LogP contribution is -2.32. The molecule has 0 bridgehead atoms. The van der Waals surface area contributed by atoms with Crippen molar-refractivity contribution in [3.8, 4) is 5.75 Å². The van der Waals surface area contributed by atoms with Crippen molar-refractivity contribution in [1.29, 1.82) is 0 Å². The van der Waals surface area contributed by atoms with E-state index in [0.29, 0.717) is 24.3 Å². The van der Waals surface area contributed by atoms with Gasteiger partial charge < -0.3 is 15.0 Å². The van der Waals surface area contributed by atoms with Crippen LogP contribution >= 0.6 is 0 Å². The first-order valence-corrected chi connectivity index (χ1v) is 9.48. The second-order valence-corrected chi connectivity index (χ2v) is 6.97. The lowest BCUT2D eigenvalue weighted by Gasteiger charge is -2.24. The molecule has 0 radical (unpaired) electrons. The first kappa shape index (κ1) is 20.7. The van der Waals surface area contributed by atoms with Gasteiger partial charge in [0.15, 0.2) is 11.4 Å². The summed E-state index contributed by atoms with van der Waals surface area (Å²) in [6, 6.07) is 8.20. The van der Waals surface area contributed by atoms with E-state index in [-0.39, 0.29) is 12.2 Å². The second kappa shape index (κ2) is 8.83. The summed E-state index contributed by atoms with van der Waals surface area (Å²) < 4.78 is 24.2. The molecule has 0 aliphatic rings. The number of para-hydroxylation sites is 1. The number of benzene rings is 1. The predicted octanol–water partition coefficient (Wildman–Crippen LogP) is 1.68. The minimum Gasteiger partial charge on any atom is -0.503 e. The number of pyridine rings is 1. The highest BCUT2D eigenvalue weighted by Gasteiger charge is 2.22. The van der Waals surface area contributed by atoms with Crippen LogP contribution in [0.5, 0.6) is 5.75 Å². The molecule has 1 atom stereocenters. The molecule has 1 unspecified atom stereocenters. The summed E-state index contributed by atoms with van der Waals surface area (Å²) in [4.78, 5) is 24.5. The molecule has 0 aliphatic carbocycles. The summed E-state index contributed by atoms with van der Waals surface area (Å²) in [5.74, 6) is -1.23. The van der Waals surface area contributed by atoms with Crippen LogP contribution in [0, 0.1) is 6.92 Å². The molecule has 1 aromatic heterocycles. The summed E-state index contributed by atoms with van der Waals surface area (Å²) in [5, 5.41) is 12.7. The predicted molar refractivity (Wildman–Crippen MR) is 104 cm³/mol. The van der Waals surface area contributed by atoms with Gasteiger partial charge >= 0.3 is 0 Å². The number of amides is 1. The number of aromatic nitrogens is 1. The third kappa shape index (κ3) is 4.55. The van der Waals surface area contributed by atoms with Gasteiger partial charge in [-0.25, -0.2) is 4.21 Å². The van der Waals surface area contributed by atoms with Crippen molar-refractivity contribution < 1.29 is 18.7 Å². The minimum absolute atomic E-state index is 0.103. The fourth-order valence-electron chi connectivity index (χ4n) is 2.68. The van der Waals surface area contributed by atoms with Gasteiger partial charge in [-0.15, -0.1) is 0 Å². The van der Waals surface area contributed by atoms with Gasteiger partial charge in [-0.1, -0.05) is 25.1 Å². The van der Waals surface area contributed by atoms with Crippen molar-refractivity contribution in [1.82, 2.24) is 9.88 Å². The van der Waals surface area contributed by atoms with E-state index >= 15 is 0 Å². The number of anilines is 1. The molecular weight excluding hydrogens is 370 g/mol. The highest BCUT2D eigenvalue weighted by atomic mass is 32.2. The van der Waals surface area contributed by atoms with Crippen molar-refractivity contribution in [3.05, 3.63) is 57.5 Å². The normalized spacial score (nSPS) is 11.9. The molecule has 8 nitrogen and oxygen atoms in total. The van der Waals surface area contributed by atoms with Gasteiger partial charge in [0.05, 0.1) is 12.2 Å². The Morgan fingerprint density at radius 2 is 2.00 bits per heavy atom. The Labute approximate surface area is 159 Å². The number of hydrogen-bond donors (Lipinski definition) is 3. The van der Waals surface area contributed by atoms with E-state index in [4.69, 9.17) is 0 Å². The highest BCUT2D eigenvalue weighted by Crippen LogP contribution is 2.23. The van der Waals surface area contributed by atoms with E-state index in [1.54, 1.807) is 25.1 Å². The summed E-state index contributed by atoms with van der Waals surface area (Å²) in [6.07, 6.45) is 0.699. The Kier molecular flexibility index (Phi) is 6.75. The van der Waals surface area contributed by atoms with Gasteiger partial charge in [0, 0.05) is 25.4 Å². The van der Waals surface area contributed by atoms with Crippen LogP contribution in [0.1, 0.15) is 35.1 Å². The Bertz CT molecular complexity index is 926. The number of hydrogen-bond acceptors (Lipinski definition) is 4. The van der Waals surface area contributed by atoms with Gasteiger partial charge in [0.25, 0.3) is 17.2 Å². The number of nitrogens with zero attached hydrogens (tertiary/aromatic N) is 2. The van der Waals surface area contributed by atoms with E-state index in [1.165, 1.54) is 15.9 Å². The van der Waals surface area contributed by atoms with E-state index in [9.17, 15) is 23.5 Å². The van der Waals surface area contributed by atoms with Crippen LogP contribution in [0.3, 0.4) is 0 Å². The largest absolute Gasteiger partial charge is 0.503 e. The molecule has 2 aromatic rings. The maximum Gasteiger partial charge on any atom is 0.271 e. The van der Waals surface area contributed by atoms with Crippen LogP contribution in [-0.2, 0) is 24.9 Å². The van der Waals surface area contributed by atoms with Crippen molar-refractivity contribution in [3.63, 3.8) is 0 Å². The van der Waals surface area contributed by atoms with Gasteiger partial charge in [-0.05, 0) is 25.0 Å². The molecule has 27 heavy (non-hydrogen) atoms. The molecule has 0 aliphatic heterocycles. The van der Waals surface area contributed by atoms with Gasteiger partial charge in [0.1, 0.15) is 0 Å². The minimum atomic E-state index is -2.35. The molecule has 2 rings (SSSR count). The van der Waals surface area contributed by atoms with Gasteiger partial charge in [0.2, 0.25) is 5.43 Å². The zero-order valence-corrected chi connectivity index (χ0v) is 16.2. The van der Waals surface area contributed by atoms with Crippen LogP contribution in [0.15, 0.2) is 35.1 Å². The molecular formula is C18H23N3O5S. The third-order valence-corrected chi connectivity index (χ3v) is 4.85. The standard InChI is InChI=1S/C18H23N3O5S/c1-4-9-19-18(24)16-17(23)15(22)10-13(20(16)3)11-21(27(25)26)14-8-6-5-7-12(14)2/h5-8,10,23H,4,9,11H2,1-3H3,(H,19,24)(H,25,26). The zero-order chi connectivity index (χ0) is 20.1. The molecule has 0 spiro atoms. The number of nitrogens with one attached hydrogen (secondary N) is 1. The molecule has 0 saturated heterocycles. The maximum absolute atomic E-state index is 12.3. The summed E-state index contributed by atoms with van der Waals surface area (Å²) in [5.41, 5.74) is 0.711. The topological polar surface area (TPSA) is 112 Å². The van der Waals surface area contributed by atoms with E-state index < -0.39 is 28.4 Å². The molecule has 0 fully saturated rings. The number of rotatable bonds is 7. The van der Waals surface area contributed by atoms with Crippen molar-refractivity contribution in [2.24, 2.45) is 7.05 Å². The number of aryl methyl sites for hydroxylation is 1. The Morgan fingerprint density at radius 3 is 2.59 bits per heavy atom. The smallest absolute Gasteiger partial charge is 0.271 e. The fraction of sp³-hybridized carbons (Fsp3) is 0.333. The molecule has 146 valence electrons. The molecule has 9 heteroatoms. The van der Waals surface area contributed by atoms with Crippen LogP contribution in [0.4, 0.5) is 5.69 Å². The van der Waals surface area contributed by atoms with Crippen molar-refractivity contribution >= 4 is 22.9 Å². The first-order chi connectivity index (χ1) is 12.8. The quantitative estimate of drug-likeness (QED) is 0.620. The molecule has 1 heterocycles. The van der Waals surface area contributed by atoms with Gasteiger partial charge in [-0.2, -0.15) is 0 Å². The van der Waals surface area contributed by atoms with Crippen LogP contribution in [-0.4, -0.2) is 30.9 Å². The summed E-state index contributed by atoms with van der Waals surface area (Å²) in [7, 11) is 1.52. The fourth-order valence-corrected chi connectivity index (χ4v) is 3.30. The third-order valence-electron chi connectivity index (χ3n) is 4.15. The Hall–Kier alpha value is -2.65. The Balaban J connectivity index is 2.50. The van der Waals surface area contributed by atoms with Crippen molar-refractivity contribution in [2.75, 3.05) is 10.8 Å². The summed E-state index contributed by atoms with van der Waals surface area (Å²) >= 11 is -2.35. The monoisotopic (exact) mass is 393 g/mol. The summed E-state index contributed by atoms with van der Waals surface area (Å²) in [6.45, 7) is 3.97. The van der Waals surface area contributed by atoms with E-state index in [1.807, 2.05) is 13.0 Å². The van der Waals surface area contributed by atoms with Crippen LogP contribution in [0.2, 0.25) is 0 Å². The van der Waals surface area contributed by atoms with Crippen LogP contribution < -0.4 is 15.1 Å². The zero-order valence-electron chi connectivity index (χ0n) is 15.4. The Morgan fingerprint density at radius 1 is 1.33 bits per heavy atom. The number of carbonyl (C=O) groups excluding carboxylic acids is 1. The average molecular weight is 393 g/mol. The molecule has 3 N–H and O–H groups in total. The molecule has 0 saturated carbocycles. The number of aromatic hydroxyl groups is 1. The highest BCUT2D eigenvalue weighted by molar-refractivity contribution is 7.80. The molecule has 1 aromatic carbocycles.